The zero-order valence-electron chi connectivity index (χ0n) is 11.7. The number of ether oxygens (including phenoxy) is 1. The summed E-state index contributed by atoms with van der Waals surface area (Å²) in [7, 11) is 0. The molecule has 0 aromatic heterocycles. The molecule has 0 aliphatic heterocycles. The van der Waals surface area contributed by atoms with Crippen LogP contribution in [-0.2, 0) is 6.54 Å². The summed E-state index contributed by atoms with van der Waals surface area (Å²) < 4.78 is 29.0. The molecule has 0 unspecified atom stereocenters. The molecule has 0 atom stereocenters. The first-order valence-corrected chi connectivity index (χ1v) is 6.59. The first kappa shape index (κ1) is 16.2. The van der Waals surface area contributed by atoms with Gasteiger partial charge in [-0.15, -0.1) is 0 Å². The van der Waals surface area contributed by atoms with Crippen LogP contribution in [0.5, 0.6) is 5.75 Å². The third-order valence-electron chi connectivity index (χ3n) is 2.77. The fourth-order valence-corrected chi connectivity index (χ4v) is 1.70. The van der Waals surface area contributed by atoms with Gasteiger partial charge >= 0.3 is 6.03 Å². The maximum absolute atomic E-state index is 12.1. The number of nitrogens with one attached hydrogen (secondary N) is 1. The molecule has 0 radical (unpaired) electrons. The topological polar surface area (TPSA) is 41.6 Å². The second kappa shape index (κ2) is 8.35. The Bertz CT molecular complexity index is 423. The van der Waals surface area contributed by atoms with E-state index in [0.717, 1.165) is 5.56 Å². The Kier molecular flexibility index (Phi) is 6.76. The Balaban J connectivity index is 2.51. The Hall–Kier alpha value is -1.85. The average Bonchev–Trinajstić information content (AvgIpc) is 2.44. The van der Waals surface area contributed by atoms with E-state index in [1.807, 2.05) is 13.8 Å². The van der Waals surface area contributed by atoms with Gasteiger partial charge in [0.15, 0.2) is 0 Å². The molecule has 6 heteroatoms. The van der Waals surface area contributed by atoms with Crippen LogP contribution in [0.1, 0.15) is 19.4 Å². The largest absolute Gasteiger partial charge is 0.488 e. The minimum absolute atomic E-state index is 0.145. The predicted molar refractivity (Wildman–Crippen MR) is 73.1 cm³/mol. The van der Waals surface area contributed by atoms with Gasteiger partial charge in [-0.1, -0.05) is 12.1 Å². The lowest BCUT2D eigenvalue weighted by Crippen LogP contribution is -2.39. The highest BCUT2D eigenvalue weighted by atomic mass is 19.3. The molecule has 0 bridgehead atoms. The molecule has 1 aromatic carbocycles. The normalized spacial score (nSPS) is 10.4. The van der Waals surface area contributed by atoms with Crippen molar-refractivity contribution in [1.82, 2.24) is 10.2 Å². The minimum atomic E-state index is -2.50. The highest BCUT2D eigenvalue weighted by Gasteiger charge is 2.09. The van der Waals surface area contributed by atoms with E-state index in [4.69, 9.17) is 4.74 Å². The summed E-state index contributed by atoms with van der Waals surface area (Å²) >= 11 is 0. The monoisotopic (exact) mass is 286 g/mol. The molecule has 0 aliphatic rings. The van der Waals surface area contributed by atoms with E-state index in [1.54, 1.807) is 29.2 Å². The van der Waals surface area contributed by atoms with Crippen molar-refractivity contribution in [3.63, 3.8) is 0 Å². The van der Waals surface area contributed by atoms with Crippen molar-refractivity contribution in [2.45, 2.75) is 26.8 Å². The third kappa shape index (κ3) is 5.42. The molecule has 2 amide bonds. The number of carbonyl (C=O) groups excluding carboxylic acids is 1. The number of amides is 2. The van der Waals surface area contributed by atoms with Gasteiger partial charge in [0.25, 0.3) is 6.43 Å². The van der Waals surface area contributed by atoms with Crippen LogP contribution in [0.4, 0.5) is 13.6 Å². The van der Waals surface area contributed by atoms with Gasteiger partial charge in [0.05, 0.1) is 0 Å². The van der Waals surface area contributed by atoms with Crippen molar-refractivity contribution in [1.29, 1.82) is 0 Å². The van der Waals surface area contributed by atoms with Gasteiger partial charge in [0.1, 0.15) is 12.4 Å². The summed E-state index contributed by atoms with van der Waals surface area (Å²) in [5.74, 6) is 0.375. The van der Waals surface area contributed by atoms with Crippen molar-refractivity contribution >= 4 is 6.03 Å². The maximum Gasteiger partial charge on any atom is 0.317 e. The number of benzene rings is 1. The Labute approximate surface area is 117 Å². The van der Waals surface area contributed by atoms with E-state index in [0.29, 0.717) is 25.4 Å². The van der Waals surface area contributed by atoms with Gasteiger partial charge in [-0.25, -0.2) is 13.6 Å². The fraction of sp³-hybridized carbons (Fsp3) is 0.500. The van der Waals surface area contributed by atoms with Crippen LogP contribution in [0.3, 0.4) is 0 Å². The molecule has 1 rings (SSSR count). The van der Waals surface area contributed by atoms with E-state index in [-0.39, 0.29) is 6.03 Å². The van der Waals surface area contributed by atoms with Crippen LogP contribution in [0.25, 0.3) is 0 Å². The van der Waals surface area contributed by atoms with E-state index in [9.17, 15) is 13.6 Å². The summed E-state index contributed by atoms with van der Waals surface area (Å²) in [5, 5.41) is 2.78. The summed E-state index contributed by atoms with van der Waals surface area (Å²) in [6.45, 7) is 4.79. The summed E-state index contributed by atoms with van der Waals surface area (Å²) in [4.78, 5) is 13.4. The van der Waals surface area contributed by atoms with Crippen LogP contribution in [0, 0.1) is 0 Å². The molecule has 1 aromatic rings. The third-order valence-corrected chi connectivity index (χ3v) is 2.77. The second-order valence-corrected chi connectivity index (χ2v) is 4.18. The SMILES string of the molecule is CCN(CC)C(=O)NCc1cccc(OCC(F)F)c1. The molecule has 4 nitrogen and oxygen atoms in total. The quantitative estimate of drug-likeness (QED) is 0.837. The molecule has 0 fully saturated rings. The number of halogens is 2. The molecule has 0 heterocycles. The smallest absolute Gasteiger partial charge is 0.317 e. The Morgan fingerprint density at radius 3 is 2.65 bits per heavy atom. The molecular weight excluding hydrogens is 266 g/mol. The van der Waals surface area contributed by atoms with Gasteiger partial charge in [-0.3, -0.25) is 0 Å². The van der Waals surface area contributed by atoms with Crippen LogP contribution in [0.2, 0.25) is 0 Å². The number of alkyl halides is 2. The van der Waals surface area contributed by atoms with Gasteiger partial charge < -0.3 is 15.0 Å². The summed E-state index contributed by atoms with van der Waals surface area (Å²) in [6, 6.07) is 6.62. The number of carbonyl (C=O) groups is 1. The number of nitrogens with zero attached hydrogens (tertiary/aromatic N) is 1. The van der Waals surface area contributed by atoms with E-state index < -0.39 is 13.0 Å². The first-order valence-electron chi connectivity index (χ1n) is 6.59. The van der Waals surface area contributed by atoms with Gasteiger partial charge in [0.2, 0.25) is 0 Å². The van der Waals surface area contributed by atoms with Crippen molar-refractivity contribution in [3.05, 3.63) is 29.8 Å². The van der Waals surface area contributed by atoms with E-state index in [1.165, 1.54) is 0 Å². The average molecular weight is 286 g/mol. The van der Waals surface area contributed by atoms with Crippen LogP contribution in [-0.4, -0.2) is 37.1 Å². The highest BCUT2D eigenvalue weighted by molar-refractivity contribution is 5.74. The van der Waals surface area contributed by atoms with Crippen LogP contribution < -0.4 is 10.1 Å². The Morgan fingerprint density at radius 1 is 1.35 bits per heavy atom. The van der Waals surface area contributed by atoms with Gasteiger partial charge in [-0.2, -0.15) is 0 Å². The number of rotatable bonds is 7. The predicted octanol–water partition coefficient (Wildman–Crippen LogP) is 2.88. The van der Waals surface area contributed by atoms with Crippen molar-refractivity contribution in [3.8, 4) is 5.75 Å². The lowest BCUT2D eigenvalue weighted by Gasteiger charge is -2.19. The van der Waals surface area contributed by atoms with Crippen molar-refractivity contribution in [2.24, 2.45) is 0 Å². The summed E-state index contributed by atoms with van der Waals surface area (Å²) in [6.07, 6.45) is -2.50. The molecule has 112 valence electrons. The van der Waals surface area contributed by atoms with Gasteiger partial charge in [0, 0.05) is 19.6 Å². The molecular formula is C14H20F2N2O2. The molecule has 0 spiro atoms. The number of hydrogen-bond acceptors (Lipinski definition) is 2. The zero-order chi connectivity index (χ0) is 15.0. The standard InChI is InChI=1S/C14H20F2N2O2/c1-3-18(4-2)14(19)17-9-11-6-5-7-12(8-11)20-10-13(15)16/h5-8,13H,3-4,9-10H2,1-2H3,(H,17,19). The maximum atomic E-state index is 12.1. The zero-order valence-corrected chi connectivity index (χ0v) is 11.7. The van der Waals surface area contributed by atoms with E-state index >= 15 is 0 Å². The fourth-order valence-electron chi connectivity index (χ4n) is 1.70. The van der Waals surface area contributed by atoms with E-state index in [2.05, 4.69) is 5.32 Å². The van der Waals surface area contributed by atoms with Crippen molar-refractivity contribution < 1.29 is 18.3 Å². The molecule has 20 heavy (non-hydrogen) atoms. The van der Waals surface area contributed by atoms with Gasteiger partial charge in [-0.05, 0) is 31.5 Å². The lowest BCUT2D eigenvalue weighted by atomic mass is 10.2. The Morgan fingerprint density at radius 2 is 2.05 bits per heavy atom. The first-order chi connectivity index (χ1) is 9.56. The molecule has 0 saturated heterocycles. The lowest BCUT2D eigenvalue weighted by molar-refractivity contribution is 0.0818. The summed E-state index contributed by atoms with van der Waals surface area (Å²) in [5.41, 5.74) is 0.803. The van der Waals surface area contributed by atoms with Crippen LogP contribution in [0.15, 0.2) is 24.3 Å². The van der Waals surface area contributed by atoms with Crippen LogP contribution >= 0.6 is 0 Å². The minimum Gasteiger partial charge on any atom is -0.488 e. The highest BCUT2D eigenvalue weighted by Crippen LogP contribution is 2.14. The number of urea groups is 1. The van der Waals surface area contributed by atoms with Crippen molar-refractivity contribution in [2.75, 3.05) is 19.7 Å². The number of hydrogen-bond donors (Lipinski definition) is 1. The second-order valence-electron chi connectivity index (χ2n) is 4.18. The molecule has 0 saturated carbocycles. The molecule has 0 aliphatic carbocycles. The molecule has 1 N–H and O–H groups in total.